The highest BCUT2D eigenvalue weighted by Gasteiger charge is 2.15. The fourth-order valence-electron chi connectivity index (χ4n) is 2.34. The number of hydrogen-bond donors (Lipinski definition) is 1. The molecule has 0 bridgehead atoms. The van der Waals surface area contributed by atoms with Gasteiger partial charge < -0.3 is 20.0 Å². The molecule has 6 heteroatoms. The van der Waals surface area contributed by atoms with Crippen molar-refractivity contribution in [3.63, 3.8) is 0 Å². The number of benzene rings is 1. The van der Waals surface area contributed by atoms with Gasteiger partial charge in [-0.05, 0) is 30.5 Å². The number of fused-ring (bicyclic) bond motifs is 1. The van der Waals surface area contributed by atoms with E-state index in [1.54, 1.807) is 6.07 Å². The second-order valence-electron chi connectivity index (χ2n) is 4.76. The number of aromatic nitrogens is 2. The second kappa shape index (κ2) is 5.42. The molecule has 1 aliphatic heterocycles. The van der Waals surface area contributed by atoms with Crippen LogP contribution in [0.1, 0.15) is 23.2 Å². The largest absolute Gasteiger partial charge is 0.545 e. The van der Waals surface area contributed by atoms with Crippen LogP contribution in [0.4, 0.5) is 5.82 Å². The van der Waals surface area contributed by atoms with Crippen molar-refractivity contribution in [2.45, 2.75) is 18.9 Å². The number of carbonyl (C=O) groups excluding carboxylic acids is 1. The average Bonchev–Trinajstić information content (AvgIpc) is 2.97. The lowest BCUT2D eigenvalue weighted by Gasteiger charge is -2.13. The first-order chi connectivity index (χ1) is 9.74. The van der Waals surface area contributed by atoms with Crippen LogP contribution in [-0.4, -0.2) is 35.2 Å². The Morgan fingerprint density at radius 2 is 2.35 bits per heavy atom. The zero-order valence-corrected chi connectivity index (χ0v) is 10.8. The first kappa shape index (κ1) is 12.8. The number of carboxylic acid groups (broad SMARTS) is 1. The Morgan fingerprint density at radius 3 is 3.10 bits per heavy atom. The molecule has 1 aromatic heterocycles. The molecule has 1 N–H and O–H groups in total. The molecule has 0 aliphatic carbocycles. The molecule has 104 valence electrons. The van der Waals surface area contributed by atoms with Gasteiger partial charge in [-0.15, -0.1) is 0 Å². The van der Waals surface area contributed by atoms with Crippen LogP contribution in [0.3, 0.4) is 0 Å². The van der Waals surface area contributed by atoms with Crippen molar-refractivity contribution < 1.29 is 14.6 Å². The van der Waals surface area contributed by atoms with E-state index in [1.165, 1.54) is 18.5 Å². The van der Waals surface area contributed by atoms with Crippen LogP contribution >= 0.6 is 0 Å². The van der Waals surface area contributed by atoms with Gasteiger partial charge in [0.2, 0.25) is 0 Å². The summed E-state index contributed by atoms with van der Waals surface area (Å²) in [5, 5.41) is 14.9. The van der Waals surface area contributed by atoms with Crippen molar-refractivity contribution in [2.24, 2.45) is 0 Å². The lowest BCUT2D eigenvalue weighted by Crippen LogP contribution is -2.22. The van der Waals surface area contributed by atoms with Crippen LogP contribution in [-0.2, 0) is 4.74 Å². The molecular formula is C14H14N3O3-. The van der Waals surface area contributed by atoms with E-state index in [4.69, 9.17) is 4.74 Å². The van der Waals surface area contributed by atoms with Gasteiger partial charge in [-0.25, -0.2) is 9.97 Å². The summed E-state index contributed by atoms with van der Waals surface area (Å²) in [5.74, 6) is -0.519. The molecule has 1 saturated heterocycles. The highest BCUT2D eigenvalue weighted by atomic mass is 16.5. The number of carbonyl (C=O) groups is 1. The molecule has 0 amide bonds. The highest BCUT2D eigenvalue weighted by molar-refractivity contribution is 5.95. The van der Waals surface area contributed by atoms with E-state index < -0.39 is 5.97 Å². The first-order valence-electron chi connectivity index (χ1n) is 6.55. The highest BCUT2D eigenvalue weighted by Crippen LogP contribution is 2.21. The summed E-state index contributed by atoms with van der Waals surface area (Å²) in [4.78, 5) is 19.1. The SMILES string of the molecule is O=C([O-])c1ccc2c(NC[C@H]3CCCO3)ncnc2c1. The predicted octanol–water partition coefficient (Wildman–Crippen LogP) is 0.584. The maximum absolute atomic E-state index is 10.8. The molecule has 2 heterocycles. The van der Waals surface area contributed by atoms with Gasteiger partial charge >= 0.3 is 0 Å². The molecular weight excluding hydrogens is 258 g/mol. The van der Waals surface area contributed by atoms with Gasteiger partial charge in [0.05, 0.1) is 17.6 Å². The molecule has 2 aromatic rings. The zero-order valence-electron chi connectivity index (χ0n) is 10.8. The monoisotopic (exact) mass is 272 g/mol. The summed E-state index contributed by atoms with van der Waals surface area (Å²) < 4.78 is 5.55. The van der Waals surface area contributed by atoms with Crippen LogP contribution in [0.5, 0.6) is 0 Å². The maximum Gasteiger partial charge on any atom is 0.137 e. The van der Waals surface area contributed by atoms with E-state index >= 15 is 0 Å². The lowest BCUT2D eigenvalue weighted by molar-refractivity contribution is -0.255. The van der Waals surface area contributed by atoms with Crippen LogP contribution < -0.4 is 10.4 Å². The fourth-order valence-corrected chi connectivity index (χ4v) is 2.34. The maximum atomic E-state index is 10.8. The summed E-state index contributed by atoms with van der Waals surface area (Å²) in [7, 11) is 0. The molecule has 0 radical (unpaired) electrons. The summed E-state index contributed by atoms with van der Waals surface area (Å²) in [6, 6.07) is 4.68. The van der Waals surface area contributed by atoms with Crippen molar-refractivity contribution in [3.8, 4) is 0 Å². The van der Waals surface area contributed by atoms with Crippen molar-refractivity contribution >= 4 is 22.7 Å². The van der Waals surface area contributed by atoms with Gasteiger partial charge in [0.25, 0.3) is 0 Å². The molecule has 1 atom stereocenters. The number of rotatable bonds is 4. The topological polar surface area (TPSA) is 87.2 Å². The molecule has 6 nitrogen and oxygen atoms in total. The number of nitrogens with zero attached hydrogens (tertiary/aromatic N) is 2. The van der Waals surface area contributed by atoms with Crippen LogP contribution in [0, 0.1) is 0 Å². The zero-order chi connectivity index (χ0) is 13.9. The van der Waals surface area contributed by atoms with Crippen molar-refractivity contribution in [2.75, 3.05) is 18.5 Å². The van der Waals surface area contributed by atoms with Crippen molar-refractivity contribution in [1.29, 1.82) is 0 Å². The third kappa shape index (κ3) is 2.55. The van der Waals surface area contributed by atoms with Crippen molar-refractivity contribution in [1.82, 2.24) is 9.97 Å². The van der Waals surface area contributed by atoms with Gasteiger partial charge in [-0.3, -0.25) is 0 Å². The fraction of sp³-hybridized carbons (Fsp3) is 0.357. The normalized spacial score (nSPS) is 18.3. The Bertz CT molecular complexity index is 639. The molecule has 1 fully saturated rings. The summed E-state index contributed by atoms with van der Waals surface area (Å²) in [6.07, 6.45) is 3.76. The Morgan fingerprint density at radius 1 is 1.45 bits per heavy atom. The minimum atomic E-state index is -1.21. The number of nitrogens with one attached hydrogen (secondary N) is 1. The minimum Gasteiger partial charge on any atom is -0.545 e. The number of aromatic carboxylic acids is 1. The predicted molar refractivity (Wildman–Crippen MR) is 71.3 cm³/mol. The Hall–Kier alpha value is -2.21. The smallest absolute Gasteiger partial charge is 0.137 e. The first-order valence-corrected chi connectivity index (χ1v) is 6.55. The summed E-state index contributed by atoms with van der Waals surface area (Å²) in [5.41, 5.74) is 0.692. The third-order valence-electron chi connectivity index (χ3n) is 3.39. The van der Waals surface area contributed by atoms with Crippen LogP contribution in [0.15, 0.2) is 24.5 Å². The van der Waals surface area contributed by atoms with E-state index in [2.05, 4.69) is 15.3 Å². The van der Waals surface area contributed by atoms with Gasteiger partial charge in [-0.1, -0.05) is 6.07 Å². The van der Waals surface area contributed by atoms with Gasteiger partial charge in [0.1, 0.15) is 12.1 Å². The summed E-state index contributed by atoms with van der Waals surface area (Å²) >= 11 is 0. The second-order valence-corrected chi connectivity index (χ2v) is 4.76. The minimum absolute atomic E-state index is 0.112. The summed E-state index contributed by atoms with van der Waals surface area (Å²) in [6.45, 7) is 1.50. The van der Waals surface area contributed by atoms with E-state index in [1.807, 2.05) is 0 Å². The van der Waals surface area contributed by atoms with E-state index in [0.29, 0.717) is 17.9 Å². The van der Waals surface area contributed by atoms with Crippen LogP contribution in [0.2, 0.25) is 0 Å². The van der Waals surface area contributed by atoms with Crippen LogP contribution in [0.25, 0.3) is 10.9 Å². The third-order valence-corrected chi connectivity index (χ3v) is 3.39. The number of anilines is 1. The van der Waals surface area contributed by atoms with Gasteiger partial charge in [0.15, 0.2) is 0 Å². The molecule has 1 aliphatic rings. The molecule has 3 rings (SSSR count). The molecule has 0 saturated carbocycles. The molecule has 20 heavy (non-hydrogen) atoms. The van der Waals surface area contributed by atoms with E-state index in [0.717, 1.165) is 24.8 Å². The average molecular weight is 272 g/mol. The number of hydrogen-bond acceptors (Lipinski definition) is 6. The Balaban J connectivity index is 1.85. The Kier molecular flexibility index (Phi) is 3.47. The number of ether oxygens (including phenoxy) is 1. The molecule has 1 aromatic carbocycles. The van der Waals surface area contributed by atoms with Gasteiger partial charge in [0, 0.05) is 18.5 Å². The van der Waals surface area contributed by atoms with E-state index in [-0.39, 0.29) is 11.7 Å². The Labute approximate surface area is 115 Å². The standard InChI is InChI=1S/C14H15N3O3/c18-14(19)9-3-4-11-12(6-9)16-8-17-13(11)15-7-10-2-1-5-20-10/h3-4,6,8,10H,1-2,5,7H2,(H,18,19)(H,15,16,17)/p-1/t10-/m1/s1. The molecule has 0 unspecified atom stereocenters. The van der Waals surface area contributed by atoms with Gasteiger partial charge in [-0.2, -0.15) is 0 Å². The number of carboxylic acids is 1. The molecule has 0 spiro atoms. The van der Waals surface area contributed by atoms with E-state index in [9.17, 15) is 9.90 Å². The lowest BCUT2D eigenvalue weighted by atomic mass is 10.1. The van der Waals surface area contributed by atoms with Crippen molar-refractivity contribution in [3.05, 3.63) is 30.1 Å². The quantitative estimate of drug-likeness (QED) is 0.876.